The molecule has 3 N–H and O–H groups in total. The molecule has 7 heteroatoms. The van der Waals surface area contributed by atoms with Crippen molar-refractivity contribution in [2.75, 3.05) is 44.8 Å². The monoisotopic (exact) mass is 532 g/mol. The van der Waals surface area contributed by atoms with E-state index in [-0.39, 0.29) is 30.6 Å². The lowest BCUT2D eigenvalue weighted by Gasteiger charge is -2.35. The molecule has 0 saturated carbocycles. The number of nitrogens with one attached hydrogen (secondary N) is 2. The molecular weight excluding hydrogens is 491 g/mol. The lowest BCUT2D eigenvalue weighted by atomic mass is 9.94. The summed E-state index contributed by atoms with van der Waals surface area (Å²) in [6.45, 7) is 10.4. The van der Waals surface area contributed by atoms with Gasteiger partial charge in [-0.2, -0.15) is 0 Å². The van der Waals surface area contributed by atoms with Crippen molar-refractivity contribution in [2.45, 2.75) is 52.5 Å². The zero-order chi connectivity index (χ0) is 21.1. The van der Waals surface area contributed by atoms with Crippen molar-refractivity contribution in [1.29, 1.82) is 0 Å². The highest BCUT2D eigenvalue weighted by molar-refractivity contribution is 14.0. The van der Waals surface area contributed by atoms with Crippen molar-refractivity contribution in [3.8, 4) is 5.75 Å². The van der Waals surface area contributed by atoms with E-state index in [1.165, 1.54) is 5.69 Å². The molecule has 172 valence electrons. The summed E-state index contributed by atoms with van der Waals surface area (Å²) in [5.74, 6) is 2.83. The van der Waals surface area contributed by atoms with Crippen LogP contribution >= 0.6 is 24.0 Å². The van der Waals surface area contributed by atoms with E-state index in [9.17, 15) is 5.11 Å². The second kappa shape index (κ2) is 14.7. The van der Waals surface area contributed by atoms with Crippen LogP contribution in [0.5, 0.6) is 5.75 Å². The highest BCUT2D eigenvalue weighted by atomic mass is 127. The Balaban J connectivity index is 0.00000450. The zero-order valence-corrected chi connectivity index (χ0v) is 21.4. The lowest BCUT2D eigenvalue weighted by Crippen LogP contribution is -2.51. The molecule has 2 atom stereocenters. The average molecular weight is 533 g/mol. The van der Waals surface area contributed by atoms with Crippen LogP contribution in [0.3, 0.4) is 0 Å². The molecular formula is C23H41IN4O2. The summed E-state index contributed by atoms with van der Waals surface area (Å²) in [6, 6.07) is 8.64. The number of aliphatic imine (C=N–C) groups is 1. The van der Waals surface area contributed by atoms with Gasteiger partial charge in [-0.05, 0) is 56.6 Å². The van der Waals surface area contributed by atoms with Crippen LogP contribution < -0.4 is 20.3 Å². The van der Waals surface area contributed by atoms with E-state index in [1.54, 1.807) is 7.11 Å². The van der Waals surface area contributed by atoms with E-state index in [0.29, 0.717) is 17.9 Å². The predicted molar refractivity (Wildman–Crippen MR) is 137 cm³/mol. The molecule has 1 fully saturated rings. The second-order valence-corrected chi connectivity index (χ2v) is 8.36. The van der Waals surface area contributed by atoms with Gasteiger partial charge in [0.05, 0.1) is 7.11 Å². The number of hydrogen-bond acceptors (Lipinski definition) is 4. The Labute approximate surface area is 199 Å². The fraction of sp³-hybridized carbons (Fsp3) is 0.696. The highest BCUT2D eigenvalue weighted by Gasteiger charge is 2.21. The third-order valence-electron chi connectivity index (χ3n) is 5.37. The molecule has 2 rings (SSSR count). The summed E-state index contributed by atoms with van der Waals surface area (Å²) in [7, 11) is 1.71. The number of hydrogen-bond donors (Lipinski definition) is 3. The third-order valence-corrected chi connectivity index (χ3v) is 5.37. The first kappa shape index (κ1) is 26.8. The van der Waals surface area contributed by atoms with Gasteiger partial charge in [0.25, 0.3) is 0 Å². The van der Waals surface area contributed by atoms with E-state index in [2.05, 4.69) is 48.4 Å². The number of aliphatic hydroxyl groups excluding tert-OH is 1. The molecule has 1 aromatic carbocycles. The molecule has 0 bridgehead atoms. The Hall–Kier alpha value is -1.22. The average Bonchev–Trinajstić information content (AvgIpc) is 2.72. The smallest absolute Gasteiger partial charge is 0.191 e. The Morgan fingerprint density at radius 1 is 1.37 bits per heavy atom. The minimum absolute atomic E-state index is 0. The molecule has 2 unspecified atom stereocenters. The minimum atomic E-state index is 0. The maximum absolute atomic E-state index is 9.36. The van der Waals surface area contributed by atoms with E-state index in [0.717, 1.165) is 63.6 Å². The molecule has 0 aliphatic carbocycles. The summed E-state index contributed by atoms with van der Waals surface area (Å²) in [5, 5.41) is 16.4. The summed E-state index contributed by atoms with van der Waals surface area (Å²) < 4.78 is 5.38. The normalized spacial score (nSPS) is 18.0. The van der Waals surface area contributed by atoms with Crippen LogP contribution in [0, 0.1) is 11.8 Å². The standard InChI is InChI=1S/C23H40N4O2.HI/c1-5-24-23(25-16-19(11-13-28)14-18(2)3)26-20-8-7-12-27(17-20)21-9-6-10-22(15-21)29-4;/h6,9-10,15,18-20,28H,5,7-8,11-14,16-17H2,1-4H3,(H2,24,25,26);1H. The van der Waals surface area contributed by atoms with E-state index < -0.39 is 0 Å². The first-order valence-electron chi connectivity index (χ1n) is 11.1. The molecule has 1 heterocycles. The fourth-order valence-electron chi connectivity index (χ4n) is 4.00. The lowest BCUT2D eigenvalue weighted by molar-refractivity contribution is 0.245. The number of aliphatic hydroxyl groups is 1. The van der Waals surface area contributed by atoms with Crippen molar-refractivity contribution in [1.82, 2.24) is 10.6 Å². The van der Waals surface area contributed by atoms with E-state index >= 15 is 0 Å². The summed E-state index contributed by atoms with van der Waals surface area (Å²) in [6.07, 6.45) is 4.19. The molecule has 0 spiro atoms. The van der Waals surface area contributed by atoms with Gasteiger partial charge < -0.3 is 25.4 Å². The van der Waals surface area contributed by atoms with Gasteiger partial charge in [-0.15, -0.1) is 24.0 Å². The van der Waals surface area contributed by atoms with Crippen LogP contribution in [0.25, 0.3) is 0 Å². The van der Waals surface area contributed by atoms with Crippen molar-refractivity contribution < 1.29 is 9.84 Å². The Morgan fingerprint density at radius 3 is 2.83 bits per heavy atom. The van der Waals surface area contributed by atoms with Gasteiger partial charge in [0.1, 0.15) is 5.75 Å². The number of benzene rings is 1. The van der Waals surface area contributed by atoms with Gasteiger partial charge in [0, 0.05) is 50.6 Å². The van der Waals surface area contributed by atoms with Crippen molar-refractivity contribution >= 4 is 35.6 Å². The first-order chi connectivity index (χ1) is 14.0. The van der Waals surface area contributed by atoms with Crippen molar-refractivity contribution in [3.63, 3.8) is 0 Å². The number of rotatable bonds is 10. The van der Waals surface area contributed by atoms with Gasteiger partial charge in [0.15, 0.2) is 5.96 Å². The number of halogens is 1. The van der Waals surface area contributed by atoms with Crippen LogP contribution in [0.4, 0.5) is 5.69 Å². The van der Waals surface area contributed by atoms with Crippen molar-refractivity contribution in [2.24, 2.45) is 16.8 Å². The van der Waals surface area contributed by atoms with Gasteiger partial charge >= 0.3 is 0 Å². The van der Waals surface area contributed by atoms with Gasteiger partial charge in [0.2, 0.25) is 0 Å². The number of ether oxygens (including phenoxy) is 1. The van der Waals surface area contributed by atoms with Crippen molar-refractivity contribution in [3.05, 3.63) is 24.3 Å². The van der Waals surface area contributed by atoms with Crippen LogP contribution in [0.15, 0.2) is 29.3 Å². The summed E-state index contributed by atoms with van der Waals surface area (Å²) in [5.41, 5.74) is 1.21. The van der Waals surface area contributed by atoms with E-state index in [4.69, 9.17) is 9.73 Å². The molecule has 1 saturated heterocycles. The van der Waals surface area contributed by atoms with Gasteiger partial charge in [-0.3, -0.25) is 4.99 Å². The largest absolute Gasteiger partial charge is 0.497 e. The highest BCUT2D eigenvalue weighted by Crippen LogP contribution is 2.24. The molecule has 30 heavy (non-hydrogen) atoms. The minimum Gasteiger partial charge on any atom is -0.497 e. The molecule has 6 nitrogen and oxygen atoms in total. The molecule has 1 aromatic rings. The van der Waals surface area contributed by atoms with Crippen LogP contribution in [0.2, 0.25) is 0 Å². The van der Waals surface area contributed by atoms with Crippen LogP contribution in [0.1, 0.15) is 46.5 Å². The second-order valence-electron chi connectivity index (χ2n) is 8.36. The van der Waals surface area contributed by atoms with Crippen LogP contribution in [-0.2, 0) is 0 Å². The number of piperidine rings is 1. The van der Waals surface area contributed by atoms with E-state index in [1.807, 2.05) is 12.1 Å². The van der Waals surface area contributed by atoms with Gasteiger partial charge in [-0.25, -0.2) is 0 Å². The summed E-state index contributed by atoms with van der Waals surface area (Å²) >= 11 is 0. The zero-order valence-electron chi connectivity index (χ0n) is 19.1. The topological polar surface area (TPSA) is 69.1 Å². The number of nitrogens with zero attached hydrogens (tertiary/aromatic N) is 2. The summed E-state index contributed by atoms with van der Waals surface area (Å²) in [4.78, 5) is 7.27. The Morgan fingerprint density at radius 2 is 2.17 bits per heavy atom. The SMILES string of the molecule is CCNC(=NCC(CCO)CC(C)C)NC1CCCN(c2cccc(OC)c2)C1.I. The fourth-order valence-corrected chi connectivity index (χ4v) is 4.00. The van der Waals surface area contributed by atoms with Crippen LogP contribution in [-0.4, -0.2) is 57.0 Å². The molecule has 0 aromatic heterocycles. The van der Waals surface area contributed by atoms with Gasteiger partial charge in [-0.1, -0.05) is 19.9 Å². The molecule has 0 radical (unpaired) electrons. The number of methoxy groups -OCH3 is 1. The first-order valence-corrected chi connectivity index (χ1v) is 11.1. The predicted octanol–water partition coefficient (Wildman–Crippen LogP) is 3.88. The number of guanidine groups is 1. The number of anilines is 1. The molecule has 1 aliphatic heterocycles. The quantitative estimate of drug-likeness (QED) is 0.243. The molecule has 0 amide bonds. The maximum Gasteiger partial charge on any atom is 0.191 e. The Bertz CT molecular complexity index is 627. The third kappa shape index (κ3) is 9.29. The molecule has 1 aliphatic rings. The Kier molecular flexibility index (Phi) is 13.2. The maximum atomic E-state index is 9.36.